The number of carbonyl (C=O) groups is 1. The van der Waals surface area contributed by atoms with E-state index in [4.69, 9.17) is 11.6 Å². The van der Waals surface area contributed by atoms with Gasteiger partial charge in [0.05, 0.1) is 0 Å². The molecule has 2 aromatic rings. The van der Waals surface area contributed by atoms with Gasteiger partial charge in [-0.05, 0) is 41.3 Å². The topological polar surface area (TPSA) is 23.6 Å². The molecule has 4 heteroatoms. The normalized spacial score (nSPS) is 11.2. The first-order valence-electron chi connectivity index (χ1n) is 7.58. The molecule has 122 valence electrons. The van der Waals surface area contributed by atoms with Gasteiger partial charge in [0.2, 0.25) is 0 Å². The SMILES string of the molecule is CN(C(=O)N(C)c1ccccc1C(C)(C)C)c1ccc(Cl)cc1. The molecular formula is C19H23ClN2O. The lowest BCUT2D eigenvalue weighted by molar-refractivity contribution is 0.253. The molecule has 0 heterocycles. The Morgan fingerprint density at radius 1 is 0.913 bits per heavy atom. The van der Waals surface area contributed by atoms with E-state index in [1.54, 1.807) is 36.0 Å². The molecule has 0 N–H and O–H groups in total. The van der Waals surface area contributed by atoms with Crippen LogP contribution in [0.1, 0.15) is 26.3 Å². The van der Waals surface area contributed by atoms with Crippen LogP contribution in [0.4, 0.5) is 16.2 Å². The monoisotopic (exact) mass is 330 g/mol. The van der Waals surface area contributed by atoms with Crippen LogP contribution in [0.25, 0.3) is 0 Å². The van der Waals surface area contributed by atoms with Crippen molar-refractivity contribution < 1.29 is 4.79 Å². The summed E-state index contributed by atoms with van der Waals surface area (Å²) in [5.41, 5.74) is 2.83. The average Bonchev–Trinajstić information content (AvgIpc) is 2.52. The zero-order chi connectivity index (χ0) is 17.2. The van der Waals surface area contributed by atoms with E-state index in [2.05, 4.69) is 26.8 Å². The van der Waals surface area contributed by atoms with Gasteiger partial charge in [-0.1, -0.05) is 50.6 Å². The van der Waals surface area contributed by atoms with Crippen LogP contribution in [0.5, 0.6) is 0 Å². The molecule has 0 aliphatic rings. The first-order valence-corrected chi connectivity index (χ1v) is 7.96. The van der Waals surface area contributed by atoms with Crippen LogP contribution in [0.2, 0.25) is 5.02 Å². The van der Waals surface area contributed by atoms with E-state index < -0.39 is 0 Å². The first kappa shape index (κ1) is 17.4. The van der Waals surface area contributed by atoms with E-state index in [0.717, 1.165) is 16.9 Å². The van der Waals surface area contributed by atoms with Crippen molar-refractivity contribution in [2.75, 3.05) is 23.9 Å². The van der Waals surface area contributed by atoms with E-state index >= 15 is 0 Å². The highest BCUT2D eigenvalue weighted by molar-refractivity contribution is 6.30. The Bertz CT molecular complexity index is 689. The van der Waals surface area contributed by atoms with Crippen molar-refractivity contribution in [1.29, 1.82) is 0 Å². The minimum absolute atomic E-state index is 0.0377. The average molecular weight is 331 g/mol. The summed E-state index contributed by atoms with van der Waals surface area (Å²) in [4.78, 5) is 16.1. The molecule has 0 radical (unpaired) electrons. The Kier molecular flexibility index (Phi) is 5.00. The molecule has 2 rings (SSSR count). The molecule has 2 aromatic carbocycles. The number of halogens is 1. The lowest BCUT2D eigenvalue weighted by Gasteiger charge is -2.30. The fraction of sp³-hybridized carbons (Fsp3) is 0.316. The summed E-state index contributed by atoms with van der Waals surface area (Å²) in [5.74, 6) is 0. The number of hydrogen-bond donors (Lipinski definition) is 0. The van der Waals surface area contributed by atoms with Gasteiger partial charge in [-0.15, -0.1) is 0 Å². The fourth-order valence-electron chi connectivity index (χ4n) is 2.50. The second-order valence-corrected chi connectivity index (χ2v) is 7.08. The highest BCUT2D eigenvalue weighted by Crippen LogP contribution is 2.32. The molecule has 23 heavy (non-hydrogen) atoms. The van der Waals surface area contributed by atoms with Gasteiger partial charge in [0.15, 0.2) is 0 Å². The van der Waals surface area contributed by atoms with E-state index in [9.17, 15) is 4.79 Å². The summed E-state index contributed by atoms with van der Waals surface area (Å²) < 4.78 is 0. The van der Waals surface area contributed by atoms with Crippen LogP contribution in [-0.2, 0) is 5.41 Å². The molecule has 0 fully saturated rings. The number of rotatable bonds is 2. The predicted molar refractivity (Wildman–Crippen MR) is 98.8 cm³/mol. The number of benzene rings is 2. The van der Waals surface area contributed by atoms with Gasteiger partial charge in [-0.25, -0.2) is 4.79 Å². The molecule has 0 saturated carbocycles. The fourth-order valence-corrected chi connectivity index (χ4v) is 2.63. The van der Waals surface area contributed by atoms with Crippen LogP contribution >= 0.6 is 11.6 Å². The maximum Gasteiger partial charge on any atom is 0.328 e. The van der Waals surface area contributed by atoms with Gasteiger partial charge in [0, 0.05) is 30.5 Å². The van der Waals surface area contributed by atoms with Gasteiger partial charge in [-0.3, -0.25) is 9.80 Å². The van der Waals surface area contributed by atoms with E-state index in [-0.39, 0.29) is 11.4 Å². The Morgan fingerprint density at radius 3 is 2.04 bits per heavy atom. The molecule has 0 aromatic heterocycles. The molecular weight excluding hydrogens is 308 g/mol. The third-order valence-corrected chi connectivity index (χ3v) is 4.11. The van der Waals surface area contributed by atoms with E-state index in [1.807, 2.05) is 30.3 Å². The second kappa shape index (κ2) is 6.63. The molecule has 0 aliphatic heterocycles. The molecule has 0 aliphatic carbocycles. The van der Waals surface area contributed by atoms with E-state index in [0.29, 0.717) is 5.02 Å². The van der Waals surface area contributed by atoms with Crippen LogP contribution in [0.3, 0.4) is 0 Å². The molecule has 2 amide bonds. The van der Waals surface area contributed by atoms with Crippen molar-refractivity contribution in [1.82, 2.24) is 0 Å². The number of anilines is 2. The van der Waals surface area contributed by atoms with Crippen LogP contribution < -0.4 is 9.80 Å². The highest BCUT2D eigenvalue weighted by Gasteiger charge is 2.24. The number of carbonyl (C=O) groups excluding carboxylic acids is 1. The standard InChI is InChI=1S/C19H23ClN2O/c1-19(2,3)16-8-6-7-9-17(16)22(5)18(23)21(4)15-12-10-14(20)11-13-15/h6-13H,1-5H3. The van der Waals surface area contributed by atoms with Crippen LogP contribution in [-0.4, -0.2) is 20.1 Å². The lowest BCUT2D eigenvalue weighted by atomic mass is 9.85. The van der Waals surface area contributed by atoms with Gasteiger partial charge >= 0.3 is 6.03 Å². The number of hydrogen-bond acceptors (Lipinski definition) is 1. The molecule has 0 spiro atoms. The maximum atomic E-state index is 12.8. The number of nitrogens with zero attached hydrogens (tertiary/aromatic N) is 2. The predicted octanol–water partition coefficient (Wildman–Crippen LogP) is 5.33. The minimum atomic E-state index is -0.0935. The largest absolute Gasteiger partial charge is 0.328 e. The summed E-state index contributed by atoms with van der Waals surface area (Å²) in [6.45, 7) is 6.44. The minimum Gasteiger partial charge on any atom is -0.297 e. The maximum absolute atomic E-state index is 12.8. The van der Waals surface area contributed by atoms with Crippen LogP contribution in [0.15, 0.2) is 48.5 Å². The Morgan fingerprint density at radius 2 is 1.48 bits per heavy atom. The summed E-state index contributed by atoms with van der Waals surface area (Å²) in [6.07, 6.45) is 0. The van der Waals surface area contributed by atoms with Crippen LogP contribution in [0, 0.1) is 0 Å². The summed E-state index contributed by atoms with van der Waals surface area (Å²) in [7, 11) is 3.57. The summed E-state index contributed by atoms with van der Waals surface area (Å²) >= 11 is 5.91. The molecule has 0 bridgehead atoms. The Hall–Kier alpha value is -2.00. The van der Waals surface area contributed by atoms with Gasteiger partial charge in [0.25, 0.3) is 0 Å². The molecule has 0 saturated heterocycles. The third-order valence-electron chi connectivity index (χ3n) is 3.86. The number of para-hydroxylation sites is 1. The van der Waals surface area contributed by atoms with Crippen molar-refractivity contribution in [2.24, 2.45) is 0 Å². The number of urea groups is 1. The highest BCUT2D eigenvalue weighted by atomic mass is 35.5. The Labute approximate surface area is 143 Å². The van der Waals surface area contributed by atoms with Crippen molar-refractivity contribution in [3.05, 3.63) is 59.1 Å². The zero-order valence-corrected chi connectivity index (χ0v) is 15.1. The first-order chi connectivity index (χ1) is 10.7. The quantitative estimate of drug-likeness (QED) is 0.730. The summed E-state index contributed by atoms with van der Waals surface area (Å²) in [6, 6.07) is 15.2. The van der Waals surface area contributed by atoms with Gasteiger partial charge < -0.3 is 0 Å². The summed E-state index contributed by atoms with van der Waals surface area (Å²) in [5, 5.41) is 0.654. The third kappa shape index (κ3) is 3.85. The van der Waals surface area contributed by atoms with Crippen molar-refractivity contribution in [3.8, 4) is 0 Å². The van der Waals surface area contributed by atoms with Gasteiger partial charge in [0.1, 0.15) is 0 Å². The number of amides is 2. The van der Waals surface area contributed by atoms with Gasteiger partial charge in [-0.2, -0.15) is 0 Å². The zero-order valence-electron chi connectivity index (χ0n) is 14.3. The molecule has 0 atom stereocenters. The molecule has 3 nitrogen and oxygen atoms in total. The molecule has 0 unspecified atom stereocenters. The smallest absolute Gasteiger partial charge is 0.297 e. The Balaban J connectivity index is 2.32. The second-order valence-electron chi connectivity index (χ2n) is 6.64. The lowest BCUT2D eigenvalue weighted by Crippen LogP contribution is -2.39. The van der Waals surface area contributed by atoms with E-state index in [1.165, 1.54) is 0 Å². The van der Waals surface area contributed by atoms with Crippen molar-refractivity contribution in [2.45, 2.75) is 26.2 Å². The van der Waals surface area contributed by atoms with Crippen molar-refractivity contribution in [3.63, 3.8) is 0 Å². The van der Waals surface area contributed by atoms with Crippen molar-refractivity contribution >= 4 is 29.0 Å².